The number of amides is 4. The molecule has 168 valence electrons. The standard InChI is InChI=1S/C24H21ClN4O4/c1-33-20-10-6-18(7-11-20)27-22(30)13-21-23(31)29(19-8-4-17(25)5-9-19)24(32)28(21)15-16-3-2-12-26-14-16/h2-12,14,21H,13,15H2,1H3,(H,27,30)/t21-/m1/s1. The fourth-order valence-electron chi connectivity index (χ4n) is 3.59. The number of imide groups is 1. The minimum absolute atomic E-state index is 0.142. The maximum atomic E-state index is 13.3. The highest BCUT2D eigenvalue weighted by Gasteiger charge is 2.46. The highest BCUT2D eigenvalue weighted by Crippen LogP contribution is 2.29. The molecule has 1 N–H and O–H groups in total. The molecular formula is C24H21ClN4O4. The zero-order valence-electron chi connectivity index (χ0n) is 17.8. The number of carbonyl (C=O) groups is 3. The number of rotatable bonds is 7. The van der Waals surface area contributed by atoms with E-state index in [1.807, 2.05) is 6.07 Å². The van der Waals surface area contributed by atoms with E-state index < -0.39 is 18.0 Å². The number of methoxy groups -OCH3 is 1. The second-order valence-electron chi connectivity index (χ2n) is 7.42. The second kappa shape index (κ2) is 9.70. The molecule has 1 atom stereocenters. The van der Waals surface area contributed by atoms with Crippen molar-refractivity contribution in [3.05, 3.63) is 83.6 Å². The average molecular weight is 465 g/mol. The van der Waals surface area contributed by atoms with Crippen LogP contribution in [0.3, 0.4) is 0 Å². The van der Waals surface area contributed by atoms with E-state index >= 15 is 0 Å². The number of nitrogens with zero attached hydrogens (tertiary/aromatic N) is 3. The molecule has 2 heterocycles. The lowest BCUT2D eigenvalue weighted by atomic mass is 10.1. The first kappa shape index (κ1) is 22.3. The van der Waals surface area contributed by atoms with E-state index in [9.17, 15) is 14.4 Å². The molecule has 0 bridgehead atoms. The summed E-state index contributed by atoms with van der Waals surface area (Å²) in [7, 11) is 1.56. The maximum absolute atomic E-state index is 13.3. The predicted octanol–water partition coefficient (Wildman–Crippen LogP) is 4.11. The van der Waals surface area contributed by atoms with Gasteiger partial charge in [-0.1, -0.05) is 17.7 Å². The molecule has 0 saturated carbocycles. The third-order valence-electron chi connectivity index (χ3n) is 5.23. The van der Waals surface area contributed by atoms with Crippen molar-refractivity contribution in [2.75, 3.05) is 17.3 Å². The van der Waals surface area contributed by atoms with E-state index in [2.05, 4.69) is 10.3 Å². The van der Waals surface area contributed by atoms with Crippen LogP contribution >= 0.6 is 11.6 Å². The lowest BCUT2D eigenvalue weighted by Crippen LogP contribution is -2.37. The van der Waals surface area contributed by atoms with Gasteiger partial charge in [0.15, 0.2) is 0 Å². The van der Waals surface area contributed by atoms with E-state index in [0.29, 0.717) is 22.1 Å². The molecule has 0 radical (unpaired) electrons. The summed E-state index contributed by atoms with van der Waals surface area (Å²) in [6.07, 6.45) is 3.05. The van der Waals surface area contributed by atoms with Gasteiger partial charge in [0.2, 0.25) is 5.91 Å². The summed E-state index contributed by atoms with van der Waals surface area (Å²) in [6, 6.07) is 15.3. The summed E-state index contributed by atoms with van der Waals surface area (Å²) in [6.45, 7) is 0.142. The number of ether oxygens (including phenoxy) is 1. The summed E-state index contributed by atoms with van der Waals surface area (Å²) in [5, 5.41) is 3.26. The molecule has 9 heteroatoms. The van der Waals surface area contributed by atoms with Gasteiger partial charge in [0, 0.05) is 29.6 Å². The molecule has 8 nitrogen and oxygen atoms in total. The first-order valence-corrected chi connectivity index (χ1v) is 10.6. The highest BCUT2D eigenvalue weighted by atomic mass is 35.5. The summed E-state index contributed by atoms with van der Waals surface area (Å²) < 4.78 is 5.12. The van der Waals surface area contributed by atoms with Crippen molar-refractivity contribution < 1.29 is 19.1 Å². The van der Waals surface area contributed by atoms with Crippen LogP contribution in [0.25, 0.3) is 0 Å². The van der Waals surface area contributed by atoms with Gasteiger partial charge in [0.1, 0.15) is 11.8 Å². The van der Waals surface area contributed by atoms with Gasteiger partial charge in [-0.25, -0.2) is 9.69 Å². The lowest BCUT2D eigenvalue weighted by molar-refractivity contribution is -0.124. The van der Waals surface area contributed by atoms with Crippen LogP contribution < -0.4 is 15.0 Å². The third-order valence-corrected chi connectivity index (χ3v) is 5.48. The first-order valence-electron chi connectivity index (χ1n) is 10.2. The van der Waals surface area contributed by atoms with Crippen molar-refractivity contribution in [3.63, 3.8) is 0 Å². The highest BCUT2D eigenvalue weighted by molar-refractivity contribution is 6.30. The fraction of sp³-hybridized carbons (Fsp3) is 0.167. The van der Waals surface area contributed by atoms with Gasteiger partial charge in [0.25, 0.3) is 5.91 Å². The summed E-state index contributed by atoms with van der Waals surface area (Å²) in [4.78, 5) is 45.9. The van der Waals surface area contributed by atoms with Crippen LogP contribution in [0.4, 0.5) is 16.2 Å². The normalized spacial score (nSPS) is 15.6. The molecule has 1 aliphatic heterocycles. The second-order valence-corrected chi connectivity index (χ2v) is 7.85. The Hall–Kier alpha value is -3.91. The molecule has 0 unspecified atom stereocenters. The average Bonchev–Trinajstić information content (AvgIpc) is 3.05. The number of pyridine rings is 1. The Morgan fingerprint density at radius 2 is 1.82 bits per heavy atom. The number of aromatic nitrogens is 1. The molecule has 33 heavy (non-hydrogen) atoms. The number of carbonyl (C=O) groups excluding carboxylic acids is 3. The molecule has 1 saturated heterocycles. The number of nitrogens with one attached hydrogen (secondary N) is 1. The van der Waals surface area contributed by atoms with E-state index in [0.717, 1.165) is 10.5 Å². The first-order chi connectivity index (χ1) is 16.0. The van der Waals surface area contributed by atoms with Crippen LogP contribution in [-0.4, -0.2) is 40.9 Å². The van der Waals surface area contributed by atoms with E-state index in [4.69, 9.17) is 16.3 Å². The summed E-state index contributed by atoms with van der Waals surface area (Å²) in [5.74, 6) is -0.206. The van der Waals surface area contributed by atoms with Gasteiger partial charge in [-0.05, 0) is 60.2 Å². The van der Waals surface area contributed by atoms with Gasteiger partial charge in [-0.15, -0.1) is 0 Å². The Labute approximate surface area is 195 Å². The fourth-order valence-corrected chi connectivity index (χ4v) is 3.72. The summed E-state index contributed by atoms with van der Waals surface area (Å²) >= 11 is 5.95. The van der Waals surface area contributed by atoms with E-state index in [1.165, 1.54) is 4.90 Å². The Balaban J connectivity index is 1.57. The largest absolute Gasteiger partial charge is 0.497 e. The smallest absolute Gasteiger partial charge is 0.332 e. The zero-order valence-corrected chi connectivity index (χ0v) is 18.5. The van der Waals surface area contributed by atoms with E-state index in [1.54, 1.807) is 74.1 Å². The van der Waals surface area contributed by atoms with Crippen molar-refractivity contribution in [2.45, 2.75) is 19.0 Å². The van der Waals surface area contributed by atoms with Crippen LogP contribution in [0.5, 0.6) is 5.75 Å². The van der Waals surface area contributed by atoms with Crippen LogP contribution in [0, 0.1) is 0 Å². The Morgan fingerprint density at radius 3 is 2.45 bits per heavy atom. The number of benzene rings is 2. The quantitative estimate of drug-likeness (QED) is 0.531. The minimum atomic E-state index is -0.966. The van der Waals surface area contributed by atoms with Crippen LogP contribution in [0.15, 0.2) is 73.1 Å². The molecule has 1 aliphatic rings. The Bertz CT molecular complexity index is 1150. The van der Waals surface area contributed by atoms with Crippen LogP contribution in [0.1, 0.15) is 12.0 Å². The van der Waals surface area contributed by atoms with Crippen LogP contribution in [0.2, 0.25) is 5.02 Å². The topological polar surface area (TPSA) is 91.8 Å². The summed E-state index contributed by atoms with van der Waals surface area (Å²) in [5.41, 5.74) is 1.70. The number of hydrogen-bond acceptors (Lipinski definition) is 5. The molecule has 0 spiro atoms. The molecule has 1 aromatic heterocycles. The van der Waals surface area contributed by atoms with Crippen molar-refractivity contribution in [1.29, 1.82) is 0 Å². The molecule has 4 amide bonds. The van der Waals surface area contributed by atoms with Crippen molar-refractivity contribution in [3.8, 4) is 5.75 Å². The molecule has 3 aromatic rings. The molecule has 2 aromatic carbocycles. The Kier molecular flexibility index (Phi) is 6.55. The Morgan fingerprint density at radius 1 is 1.09 bits per heavy atom. The molecule has 0 aliphatic carbocycles. The van der Waals surface area contributed by atoms with E-state index in [-0.39, 0.29) is 18.9 Å². The third kappa shape index (κ3) is 4.96. The lowest BCUT2D eigenvalue weighted by Gasteiger charge is -2.21. The zero-order chi connectivity index (χ0) is 23.4. The van der Waals surface area contributed by atoms with Crippen LogP contribution in [-0.2, 0) is 16.1 Å². The number of hydrogen-bond donors (Lipinski definition) is 1. The van der Waals surface area contributed by atoms with Gasteiger partial charge in [-0.3, -0.25) is 14.6 Å². The van der Waals surface area contributed by atoms with Gasteiger partial charge >= 0.3 is 6.03 Å². The molecule has 4 rings (SSSR count). The minimum Gasteiger partial charge on any atom is -0.497 e. The number of urea groups is 1. The van der Waals surface area contributed by atoms with Gasteiger partial charge in [-0.2, -0.15) is 0 Å². The van der Waals surface area contributed by atoms with Crippen molar-refractivity contribution in [1.82, 2.24) is 9.88 Å². The SMILES string of the molecule is COc1ccc(NC(=O)C[C@@H]2C(=O)N(c3ccc(Cl)cc3)C(=O)N2Cc2cccnc2)cc1. The molecular weight excluding hydrogens is 444 g/mol. The monoisotopic (exact) mass is 464 g/mol. The molecule has 1 fully saturated rings. The van der Waals surface area contributed by atoms with Gasteiger partial charge in [0.05, 0.1) is 19.2 Å². The number of halogens is 1. The number of anilines is 2. The predicted molar refractivity (Wildman–Crippen MR) is 124 cm³/mol. The van der Waals surface area contributed by atoms with Gasteiger partial charge < -0.3 is 15.0 Å². The van der Waals surface area contributed by atoms with Crippen molar-refractivity contribution >= 4 is 40.8 Å². The maximum Gasteiger partial charge on any atom is 0.332 e. The van der Waals surface area contributed by atoms with Crippen molar-refractivity contribution in [2.24, 2.45) is 0 Å².